The number of piperazine rings is 1. The Kier molecular flexibility index (Phi) is 6.50. The largest absolute Gasteiger partial charge is 0.496 e. The molecule has 6 heteroatoms. The average Bonchev–Trinajstić information content (AvgIpc) is 2.80. The summed E-state index contributed by atoms with van der Waals surface area (Å²) in [5.41, 5.74) is 5.43. The summed E-state index contributed by atoms with van der Waals surface area (Å²) in [6.07, 6.45) is -0.498. The van der Waals surface area contributed by atoms with Crippen LogP contribution in [0, 0.1) is 13.8 Å². The SMILES string of the molecule is COc1c(C)cc(N2CCN(c3ccc(NC(=O)Oc4ccccc4)cc3)CC2)cc1C. The fraction of sp³-hybridized carbons (Fsp3) is 0.269. The molecule has 3 aromatic rings. The fourth-order valence-corrected chi connectivity index (χ4v) is 4.15. The van der Waals surface area contributed by atoms with Gasteiger partial charge in [0.25, 0.3) is 0 Å². The number of para-hydroxylation sites is 1. The van der Waals surface area contributed by atoms with Crippen molar-refractivity contribution in [2.45, 2.75) is 13.8 Å². The van der Waals surface area contributed by atoms with E-state index in [1.54, 1.807) is 19.2 Å². The number of amides is 1. The molecule has 3 aromatic carbocycles. The van der Waals surface area contributed by atoms with Crippen molar-refractivity contribution >= 4 is 23.2 Å². The van der Waals surface area contributed by atoms with Crippen LogP contribution in [0.1, 0.15) is 11.1 Å². The Morgan fingerprint density at radius 3 is 1.94 bits per heavy atom. The van der Waals surface area contributed by atoms with E-state index in [2.05, 4.69) is 41.1 Å². The van der Waals surface area contributed by atoms with Crippen LogP contribution in [0.25, 0.3) is 0 Å². The standard InChI is InChI=1S/C26H29N3O3/c1-19-17-23(18-20(2)25(19)31-3)29-15-13-28(14-16-29)22-11-9-21(10-12-22)27-26(30)32-24-7-5-4-6-8-24/h4-12,17-18H,13-16H2,1-3H3,(H,27,30). The van der Waals surface area contributed by atoms with Gasteiger partial charge in [-0.15, -0.1) is 0 Å². The minimum absolute atomic E-state index is 0.498. The number of carbonyl (C=O) groups excluding carboxylic acids is 1. The quantitative estimate of drug-likeness (QED) is 0.598. The molecule has 1 saturated heterocycles. The van der Waals surface area contributed by atoms with Gasteiger partial charge in [-0.3, -0.25) is 5.32 Å². The van der Waals surface area contributed by atoms with Crippen molar-refractivity contribution in [3.05, 3.63) is 77.9 Å². The van der Waals surface area contributed by atoms with Gasteiger partial charge in [0.1, 0.15) is 11.5 Å². The number of hydrogen-bond acceptors (Lipinski definition) is 5. The zero-order valence-electron chi connectivity index (χ0n) is 18.8. The average molecular weight is 432 g/mol. The maximum Gasteiger partial charge on any atom is 0.417 e. The normalized spacial score (nSPS) is 13.6. The van der Waals surface area contributed by atoms with Gasteiger partial charge in [-0.2, -0.15) is 0 Å². The first-order valence-corrected chi connectivity index (χ1v) is 10.8. The van der Waals surface area contributed by atoms with E-state index in [4.69, 9.17) is 9.47 Å². The van der Waals surface area contributed by atoms with Crippen LogP contribution in [0.5, 0.6) is 11.5 Å². The van der Waals surface area contributed by atoms with Gasteiger partial charge < -0.3 is 19.3 Å². The van der Waals surface area contributed by atoms with E-state index in [9.17, 15) is 4.79 Å². The van der Waals surface area contributed by atoms with Crippen LogP contribution in [-0.2, 0) is 0 Å². The smallest absolute Gasteiger partial charge is 0.417 e. The second-order valence-electron chi connectivity index (χ2n) is 7.96. The maximum absolute atomic E-state index is 12.1. The third-order valence-corrected chi connectivity index (χ3v) is 5.73. The molecule has 166 valence electrons. The van der Waals surface area contributed by atoms with Crippen LogP contribution in [0.3, 0.4) is 0 Å². The third kappa shape index (κ3) is 4.97. The Morgan fingerprint density at radius 2 is 1.38 bits per heavy atom. The van der Waals surface area contributed by atoms with Gasteiger partial charge in [-0.05, 0) is 73.5 Å². The number of carbonyl (C=O) groups is 1. The molecule has 0 aromatic heterocycles. The molecule has 1 aliphatic heterocycles. The van der Waals surface area contributed by atoms with Gasteiger partial charge in [0.05, 0.1) is 7.11 Å². The number of rotatable bonds is 5. The number of benzene rings is 3. The highest BCUT2D eigenvalue weighted by molar-refractivity contribution is 5.86. The van der Waals surface area contributed by atoms with Gasteiger partial charge in [0.2, 0.25) is 0 Å². The van der Waals surface area contributed by atoms with Crippen molar-refractivity contribution in [1.82, 2.24) is 0 Å². The van der Waals surface area contributed by atoms with Crippen molar-refractivity contribution in [2.24, 2.45) is 0 Å². The van der Waals surface area contributed by atoms with Gasteiger partial charge >= 0.3 is 6.09 Å². The molecule has 0 bridgehead atoms. The fourth-order valence-electron chi connectivity index (χ4n) is 4.15. The van der Waals surface area contributed by atoms with Crippen LogP contribution in [0.4, 0.5) is 21.9 Å². The monoisotopic (exact) mass is 431 g/mol. The lowest BCUT2D eigenvalue weighted by Gasteiger charge is -2.37. The summed E-state index contributed by atoms with van der Waals surface area (Å²) in [7, 11) is 1.72. The summed E-state index contributed by atoms with van der Waals surface area (Å²) in [6.45, 7) is 7.97. The van der Waals surface area contributed by atoms with E-state index in [1.165, 1.54) is 16.8 Å². The Bertz CT molecular complexity index is 1040. The topological polar surface area (TPSA) is 54.0 Å². The summed E-state index contributed by atoms with van der Waals surface area (Å²) in [6, 6.07) is 21.3. The summed E-state index contributed by atoms with van der Waals surface area (Å²) < 4.78 is 10.8. The van der Waals surface area contributed by atoms with Crippen molar-refractivity contribution < 1.29 is 14.3 Å². The van der Waals surface area contributed by atoms with Crippen LogP contribution in [0.15, 0.2) is 66.7 Å². The van der Waals surface area contributed by atoms with Crippen LogP contribution >= 0.6 is 0 Å². The molecule has 0 unspecified atom stereocenters. The molecule has 1 amide bonds. The molecule has 0 aliphatic carbocycles. The molecule has 0 spiro atoms. The Balaban J connectivity index is 1.32. The molecule has 0 saturated carbocycles. The lowest BCUT2D eigenvalue weighted by Crippen LogP contribution is -2.46. The number of nitrogens with one attached hydrogen (secondary N) is 1. The van der Waals surface area contributed by atoms with Gasteiger partial charge in [-0.25, -0.2) is 4.79 Å². The molecule has 1 N–H and O–H groups in total. The number of methoxy groups -OCH3 is 1. The number of ether oxygens (including phenoxy) is 2. The molecule has 1 aliphatic rings. The molecule has 0 radical (unpaired) electrons. The Labute approximate surface area is 189 Å². The van der Waals surface area contributed by atoms with Crippen LogP contribution in [-0.4, -0.2) is 39.4 Å². The molecular formula is C26H29N3O3. The predicted octanol–water partition coefficient (Wildman–Crippen LogP) is 5.25. The summed E-state index contributed by atoms with van der Waals surface area (Å²) in [5.74, 6) is 1.48. The zero-order chi connectivity index (χ0) is 22.5. The minimum atomic E-state index is -0.498. The summed E-state index contributed by atoms with van der Waals surface area (Å²) in [5, 5.41) is 2.77. The van der Waals surface area contributed by atoms with Gasteiger partial charge in [0.15, 0.2) is 0 Å². The van der Waals surface area contributed by atoms with E-state index in [0.29, 0.717) is 11.4 Å². The molecule has 1 fully saturated rings. The highest BCUT2D eigenvalue weighted by Gasteiger charge is 2.19. The first kappa shape index (κ1) is 21.6. The number of nitrogens with zero attached hydrogens (tertiary/aromatic N) is 2. The summed E-state index contributed by atoms with van der Waals surface area (Å²) in [4.78, 5) is 16.9. The zero-order valence-corrected chi connectivity index (χ0v) is 18.8. The lowest BCUT2D eigenvalue weighted by molar-refractivity contribution is 0.215. The second-order valence-corrected chi connectivity index (χ2v) is 7.96. The van der Waals surface area contributed by atoms with E-state index in [-0.39, 0.29) is 0 Å². The van der Waals surface area contributed by atoms with E-state index >= 15 is 0 Å². The molecule has 0 atom stereocenters. The first-order chi connectivity index (χ1) is 15.5. The van der Waals surface area contributed by atoms with E-state index in [1.807, 2.05) is 42.5 Å². The maximum atomic E-state index is 12.1. The lowest BCUT2D eigenvalue weighted by atomic mass is 10.1. The van der Waals surface area contributed by atoms with Crippen molar-refractivity contribution in [2.75, 3.05) is 48.4 Å². The summed E-state index contributed by atoms with van der Waals surface area (Å²) >= 11 is 0. The molecular weight excluding hydrogens is 402 g/mol. The molecule has 4 rings (SSSR count). The van der Waals surface area contributed by atoms with E-state index < -0.39 is 6.09 Å². The van der Waals surface area contributed by atoms with E-state index in [0.717, 1.165) is 37.6 Å². The van der Waals surface area contributed by atoms with Gasteiger partial charge in [0, 0.05) is 43.2 Å². The van der Waals surface area contributed by atoms with Gasteiger partial charge in [-0.1, -0.05) is 18.2 Å². The van der Waals surface area contributed by atoms with Crippen molar-refractivity contribution in [3.63, 3.8) is 0 Å². The van der Waals surface area contributed by atoms with Crippen molar-refractivity contribution in [1.29, 1.82) is 0 Å². The predicted molar refractivity (Wildman–Crippen MR) is 129 cm³/mol. The number of aryl methyl sites for hydroxylation is 2. The Morgan fingerprint density at radius 1 is 0.812 bits per heavy atom. The molecule has 6 nitrogen and oxygen atoms in total. The first-order valence-electron chi connectivity index (χ1n) is 10.8. The Hall–Kier alpha value is -3.67. The molecule has 1 heterocycles. The molecule has 32 heavy (non-hydrogen) atoms. The van der Waals surface area contributed by atoms with Crippen LogP contribution < -0.4 is 24.6 Å². The third-order valence-electron chi connectivity index (χ3n) is 5.73. The minimum Gasteiger partial charge on any atom is -0.496 e. The highest BCUT2D eigenvalue weighted by Crippen LogP contribution is 2.30. The van der Waals surface area contributed by atoms with Crippen LogP contribution in [0.2, 0.25) is 0 Å². The second kappa shape index (κ2) is 9.64. The highest BCUT2D eigenvalue weighted by atomic mass is 16.6. The number of hydrogen-bond donors (Lipinski definition) is 1. The number of anilines is 3. The van der Waals surface area contributed by atoms with Crippen molar-refractivity contribution in [3.8, 4) is 11.5 Å².